The highest BCUT2D eigenvalue weighted by molar-refractivity contribution is 7.17. The predicted molar refractivity (Wildman–Crippen MR) is 91.2 cm³/mol. The highest BCUT2D eigenvalue weighted by Crippen LogP contribution is 2.32. The minimum Gasteiger partial charge on any atom is -0.506 e. The van der Waals surface area contributed by atoms with Crippen molar-refractivity contribution >= 4 is 39.7 Å². The summed E-state index contributed by atoms with van der Waals surface area (Å²) in [7, 11) is 0. The maximum absolute atomic E-state index is 8.79. The van der Waals surface area contributed by atoms with Crippen LogP contribution in [-0.4, -0.2) is 10.1 Å². The Balaban J connectivity index is 0.000000188. The van der Waals surface area contributed by atoms with Gasteiger partial charge in [-0.05, 0) is 24.3 Å². The van der Waals surface area contributed by atoms with Gasteiger partial charge in [-0.1, -0.05) is 58.8 Å². The number of hydrogen-bond acceptors (Lipinski definition) is 5. The Bertz CT molecular complexity index is 729. The third-order valence-corrected chi connectivity index (χ3v) is 3.74. The molecule has 1 aromatic heterocycles. The average Bonchev–Trinajstić information content (AvgIpc) is 2.91. The third kappa shape index (κ3) is 4.80. The Morgan fingerprint density at radius 3 is 2.14 bits per heavy atom. The van der Waals surface area contributed by atoms with E-state index in [1.807, 2.05) is 12.1 Å². The molecule has 7 heteroatoms. The number of phenolic OH excluding ortho intramolecular Hbond substituents is 1. The molecule has 4 nitrogen and oxygen atoms in total. The molecule has 0 radical (unpaired) electrons. The van der Waals surface area contributed by atoms with Crippen molar-refractivity contribution in [1.82, 2.24) is 4.98 Å². The van der Waals surface area contributed by atoms with Gasteiger partial charge in [-0.25, -0.2) is 4.98 Å². The van der Waals surface area contributed by atoms with Crippen molar-refractivity contribution in [3.63, 3.8) is 0 Å². The number of thiazole rings is 1. The molecule has 0 amide bonds. The first-order valence-electron chi connectivity index (χ1n) is 6.13. The number of aromatic hydroxyl groups is 1. The molecule has 0 aliphatic heterocycles. The van der Waals surface area contributed by atoms with Crippen LogP contribution in [0.3, 0.4) is 0 Å². The lowest BCUT2D eigenvalue weighted by molar-refractivity contribution is 0.475. The summed E-state index contributed by atoms with van der Waals surface area (Å²) in [5.74, 6) is 0.743. The SMILES string of the molecule is Nc1ncc(Oc2ccccc2Cl)s1.Oc1ccccc1Cl. The first kappa shape index (κ1) is 16.4. The summed E-state index contributed by atoms with van der Waals surface area (Å²) in [5, 5.41) is 10.9. The van der Waals surface area contributed by atoms with Gasteiger partial charge in [0.2, 0.25) is 5.06 Å². The molecule has 0 bridgehead atoms. The van der Waals surface area contributed by atoms with Crippen LogP contribution < -0.4 is 10.5 Å². The van der Waals surface area contributed by atoms with E-state index in [0.29, 0.717) is 26.0 Å². The van der Waals surface area contributed by atoms with Crippen molar-refractivity contribution in [2.75, 3.05) is 5.73 Å². The number of rotatable bonds is 2. The van der Waals surface area contributed by atoms with Crippen LogP contribution in [0.15, 0.2) is 54.7 Å². The van der Waals surface area contributed by atoms with Crippen molar-refractivity contribution in [3.05, 3.63) is 64.8 Å². The number of ether oxygens (including phenoxy) is 1. The van der Waals surface area contributed by atoms with Crippen molar-refractivity contribution in [2.24, 2.45) is 0 Å². The number of para-hydroxylation sites is 2. The molecule has 0 aliphatic carbocycles. The molecular formula is C15H12Cl2N2O2S. The highest BCUT2D eigenvalue weighted by atomic mass is 35.5. The third-order valence-electron chi connectivity index (χ3n) is 2.40. The number of phenols is 1. The van der Waals surface area contributed by atoms with Crippen molar-refractivity contribution in [1.29, 1.82) is 0 Å². The Hall–Kier alpha value is -1.95. The summed E-state index contributed by atoms with van der Waals surface area (Å²) in [6.07, 6.45) is 1.57. The maximum atomic E-state index is 8.79. The fourth-order valence-corrected chi connectivity index (χ4v) is 2.27. The summed E-state index contributed by atoms with van der Waals surface area (Å²) in [4.78, 5) is 3.87. The second-order valence-electron chi connectivity index (χ2n) is 4.00. The molecule has 0 unspecified atom stereocenters. The number of halogens is 2. The van der Waals surface area contributed by atoms with Crippen LogP contribution in [0.1, 0.15) is 0 Å². The zero-order chi connectivity index (χ0) is 15.9. The Morgan fingerprint density at radius 2 is 1.64 bits per heavy atom. The number of nitrogens with two attached hydrogens (primary N) is 1. The molecule has 1 heterocycles. The number of hydrogen-bond donors (Lipinski definition) is 2. The van der Waals surface area contributed by atoms with Crippen LogP contribution in [0.5, 0.6) is 16.6 Å². The molecule has 0 fully saturated rings. The molecule has 0 saturated carbocycles. The normalized spacial score (nSPS) is 9.73. The van der Waals surface area contributed by atoms with E-state index in [9.17, 15) is 0 Å². The summed E-state index contributed by atoms with van der Waals surface area (Å²) in [6, 6.07) is 13.9. The summed E-state index contributed by atoms with van der Waals surface area (Å²) < 4.78 is 5.47. The van der Waals surface area contributed by atoms with Gasteiger partial charge in [0, 0.05) is 0 Å². The van der Waals surface area contributed by atoms with Gasteiger partial charge in [0.05, 0.1) is 16.2 Å². The monoisotopic (exact) mass is 354 g/mol. The molecule has 0 atom stereocenters. The van der Waals surface area contributed by atoms with Crippen LogP contribution in [0.2, 0.25) is 10.0 Å². The van der Waals surface area contributed by atoms with E-state index in [2.05, 4.69) is 4.98 Å². The van der Waals surface area contributed by atoms with Crippen molar-refractivity contribution in [3.8, 4) is 16.6 Å². The smallest absolute Gasteiger partial charge is 0.202 e. The standard InChI is InChI=1S/C9H7ClN2OS.C6H5ClO/c10-6-3-1-2-4-7(6)13-8-5-12-9(11)14-8;7-5-3-1-2-4-6(5)8/h1-5H,(H2,11,12);1-4,8H. The van der Waals surface area contributed by atoms with E-state index in [-0.39, 0.29) is 5.75 Å². The van der Waals surface area contributed by atoms with Gasteiger partial charge >= 0.3 is 0 Å². The molecule has 3 rings (SSSR count). The number of anilines is 1. The highest BCUT2D eigenvalue weighted by Gasteiger charge is 2.04. The molecule has 22 heavy (non-hydrogen) atoms. The second-order valence-corrected chi connectivity index (χ2v) is 5.84. The number of nitrogens with zero attached hydrogens (tertiary/aromatic N) is 1. The van der Waals surface area contributed by atoms with E-state index in [4.69, 9.17) is 38.8 Å². The van der Waals surface area contributed by atoms with E-state index < -0.39 is 0 Å². The van der Waals surface area contributed by atoms with E-state index in [0.717, 1.165) is 0 Å². The van der Waals surface area contributed by atoms with Crippen LogP contribution in [0.4, 0.5) is 5.13 Å². The molecule has 2 aromatic carbocycles. The minimum atomic E-state index is 0.133. The first-order valence-corrected chi connectivity index (χ1v) is 7.70. The lowest BCUT2D eigenvalue weighted by Crippen LogP contribution is -1.80. The molecule has 3 N–H and O–H groups in total. The fourth-order valence-electron chi connectivity index (χ4n) is 1.41. The van der Waals surface area contributed by atoms with Crippen molar-refractivity contribution < 1.29 is 9.84 Å². The van der Waals surface area contributed by atoms with Gasteiger partial charge in [0.15, 0.2) is 5.13 Å². The van der Waals surface area contributed by atoms with E-state index in [1.54, 1.807) is 42.6 Å². The predicted octanol–water partition coefficient (Wildman–Crippen LogP) is 5.22. The van der Waals surface area contributed by atoms with Crippen LogP contribution >= 0.6 is 34.5 Å². The Kier molecular flexibility index (Phi) is 5.89. The Morgan fingerprint density at radius 1 is 1.00 bits per heavy atom. The molecular weight excluding hydrogens is 343 g/mol. The number of nitrogen functional groups attached to an aromatic ring is 1. The molecule has 114 valence electrons. The molecule has 0 aliphatic rings. The van der Waals surface area contributed by atoms with E-state index >= 15 is 0 Å². The number of benzene rings is 2. The zero-order valence-corrected chi connectivity index (χ0v) is 13.6. The second kappa shape index (κ2) is 7.89. The average molecular weight is 355 g/mol. The largest absolute Gasteiger partial charge is 0.506 e. The van der Waals surface area contributed by atoms with Crippen LogP contribution in [0, 0.1) is 0 Å². The van der Waals surface area contributed by atoms with Gasteiger partial charge in [0.1, 0.15) is 11.5 Å². The van der Waals surface area contributed by atoms with Gasteiger partial charge in [-0.2, -0.15) is 0 Å². The molecule has 0 spiro atoms. The summed E-state index contributed by atoms with van der Waals surface area (Å²) in [6.45, 7) is 0. The van der Waals surface area contributed by atoms with Gasteiger partial charge in [0.25, 0.3) is 0 Å². The quantitative estimate of drug-likeness (QED) is 0.662. The first-order chi connectivity index (χ1) is 10.6. The van der Waals surface area contributed by atoms with Crippen molar-refractivity contribution in [2.45, 2.75) is 0 Å². The van der Waals surface area contributed by atoms with Crippen LogP contribution in [-0.2, 0) is 0 Å². The van der Waals surface area contributed by atoms with E-state index in [1.165, 1.54) is 11.3 Å². The summed E-state index contributed by atoms with van der Waals surface area (Å²) in [5.41, 5.74) is 5.46. The van der Waals surface area contributed by atoms with Gasteiger partial charge < -0.3 is 15.6 Å². The fraction of sp³-hybridized carbons (Fsp3) is 0. The number of aromatic nitrogens is 1. The van der Waals surface area contributed by atoms with Gasteiger partial charge in [-0.3, -0.25) is 0 Å². The molecule has 0 saturated heterocycles. The van der Waals surface area contributed by atoms with Crippen LogP contribution in [0.25, 0.3) is 0 Å². The lowest BCUT2D eigenvalue weighted by atomic mass is 10.3. The minimum absolute atomic E-state index is 0.133. The lowest BCUT2D eigenvalue weighted by Gasteiger charge is -2.02. The topological polar surface area (TPSA) is 68.4 Å². The summed E-state index contributed by atoms with van der Waals surface area (Å²) >= 11 is 12.6. The van der Waals surface area contributed by atoms with Gasteiger partial charge in [-0.15, -0.1) is 0 Å². The zero-order valence-electron chi connectivity index (χ0n) is 11.2. The maximum Gasteiger partial charge on any atom is 0.202 e. The Labute approximate surface area is 141 Å². The molecule has 3 aromatic rings.